The van der Waals surface area contributed by atoms with Crippen molar-refractivity contribution in [2.24, 2.45) is 5.73 Å². The number of nitrogens with two attached hydrogens (primary N) is 1. The van der Waals surface area contributed by atoms with Crippen LogP contribution in [0.3, 0.4) is 0 Å². The Morgan fingerprint density at radius 1 is 1.21 bits per heavy atom. The fourth-order valence-corrected chi connectivity index (χ4v) is 1.51. The maximum atomic E-state index is 11.6. The highest BCUT2D eigenvalue weighted by Crippen LogP contribution is 2.00. The number of unbranched alkanes of at least 4 members (excludes halogenated alkanes) is 1. The standard InChI is InChI=1S/C13H18N2O3.ClH/c14-11(13(17)18)8-4-5-9-15-12(16)10-6-2-1-3-7-10;/h1-3,6-7,11H,4-5,8-9,14H2,(H,15,16)(H,17,18);1H/t11-;/m1./s1. The van der Waals surface area contributed by atoms with Crippen LogP contribution in [0.25, 0.3) is 0 Å². The number of nitrogens with one attached hydrogen (secondary N) is 1. The van der Waals surface area contributed by atoms with Crippen LogP contribution < -0.4 is 11.1 Å². The molecule has 19 heavy (non-hydrogen) atoms. The number of benzene rings is 1. The molecule has 0 radical (unpaired) electrons. The lowest BCUT2D eigenvalue weighted by Gasteiger charge is -2.07. The lowest BCUT2D eigenvalue weighted by atomic mass is 10.1. The molecule has 0 unspecified atom stereocenters. The zero-order valence-electron chi connectivity index (χ0n) is 10.5. The molecule has 0 fully saturated rings. The predicted octanol–water partition coefficient (Wildman–Crippen LogP) is 1.42. The monoisotopic (exact) mass is 286 g/mol. The molecule has 6 heteroatoms. The Labute approximate surface area is 118 Å². The minimum absolute atomic E-state index is 0. The van der Waals surface area contributed by atoms with E-state index in [-0.39, 0.29) is 18.3 Å². The molecular weight excluding hydrogens is 268 g/mol. The van der Waals surface area contributed by atoms with Gasteiger partial charge in [-0.3, -0.25) is 9.59 Å². The molecule has 0 heterocycles. The SMILES string of the molecule is Cl.N[C@H](CCCCNC(=O)c1ccccc1)C(=O)O. The zero-order valence-corrected chi connectivity index (χ0v) is 11.4. The lowest BCUT2D eigenvalue weighted by molar-refractivity contribution is -0.138. The van der Waals surface area contributed by atoms with E-state index in [4.69, 9.17) is 10.8 Å². The molecular formula is C13H19ClN2O3. The Morgan fingerprint density at radius 2 is 1.84 bits per heavy atom. The first kappa shape index (κ1) is 17.4. The van der Waals surface area contributed by atoms with Crippen molar-refractivity contribution in [2.45, 2.75) is 25.3 Å². The van der Waals surface area contributed by atoms with Crippen molar-refractivity contribution < 1.29 is 14.7 Å². The van der Waals surface area contributed by atoms with Gasteiger partial charge in [0.25, 0.3) is 5.91 Å². The van der Waals surface area contributed by atoms with E-state index in [0.29, 0.717) is 24.9 Å². The summed E-state index contributed by atoms with van der Waals surface area (Å²) in [6, 6.07) is 8.15. The van der Waals surface area contributed by atoms with Crippen LogP contribution in [-0.2, 0) is 4.79 Å². The quantitative estimate of drug-likeness (QED) is 0.661. The zero-order chi connectivity index (χ0) is 13.4. The van der Waals surface area contributed by atoms with Gasteiger partial charge in [0.15, 0.2) is 0 Å². The normalized spacial score (nSPS) is 11.2. The van der Waals surface area contributed by atoms with Crippen molar-refractivity contribution in [3.8, 4) is 0 Å². The largest absolute Gasteiger partial charge is 0.480 e. The molecule has 1 rings (SSSR count). The topological polar surface area (TPSA) is 92.4 Å². The molecule has 4 N–H and O–H groups in total. The van der Waals surface area contributed by atoms with Gasteiger partial charge in [0.2, 0.25) is 0 Å². The van der Waals surface area contributed by atoms with E-state index < -0.39 is 12.0 Å². The van der Waals surface area contributed by atoms with Crippen LogP contribution in [0.1, 0.15) is 29.6 Å². The minimum atomic E-state index is -0.983. The van der Waals surface area contributed by atoms with E-state index in [2.05, 4.69) is 5.32 Å². The summed E-state index contributed by atoms with van der Waals surface area (Å²) in [5.74, 6) is -1.10. The van der Waals surface area contributed by atoms with Gasteiger partial charge >= 0.3 is 5.97 Å². The molecule has 0 aliphatic heterocycles. The van der Waals surface area contributed by atoms with E-state index in [0.717, 1.165) is 6.42 Å². The molecule has 0 spiro atoms. The smallest absolute Gasteiger partial charge is 0.320 e. The van der Waals surface area contributed by atoms with Gasteiger partial charge in [-0.15, -0.1) is 12.4 Å². The summed E-state index contributed by atoms with van der Waals surface area (Å²) >= 11 is 0. The first-order valence-electron chi connectivity index (χ1n) is 5.93. The Morgan fingerprint density at radius 3 is 2.42 bits per heavy atom. The van der Waals surface area contributed by atoms with E-state index >= 15 is 0 Å². The summed E-state index contributed by atoms with van der Waals surface area (Å²) in [6.07, 6.45) is 1.83. The second-order valence-electron chi connectivity index (χ2n) is 4.06. The highest BCUT2D eigenvalue weighted by atomic mass is 35.5. The number of halogens is 1. The highest BCUT2D eigenvalue weighted by molar-refractivity contribution is 5.94. The number of carbonyl (C=O) groups is 2. The second kappa shape index (κ2) is 9.35. The Hall–Kier alpha value is -1.59. The molecule has 1 aromatic carbocycles. The van der Waals surface area contributed by atoms with Gasteiger partial charge in [0, 0.05) is 12.1 Å². The molecule has 0 bridgehead atoms. The van der Waals surface area contributed by atoms with Crippen LogP contribution in [0, 0.1) is 0 Å². The molecule has 106 valence electrons. The van der Waals surface area contributed by atoms with E-state index in [1.54, 1.807) is 24.3 Å². The minimum Gasteiger partial charge on any atom is -0.480 e. The fraction of sp³-hybridized carbons (Fsp3) is 0.385. The number of amides is 1. The Balaban J connectivity index is 0.00000324. The van der Waals surface area contributed by atoms with Crippen molar-refractivity contribution in [2.75, 3.05) is 6.54 Å². The summed E-state index contributed by atoms with van der Waals surface area (Å²) < 4.78 is 0. The molecule has 1 atom stereocenters. The average molecular weight is 287 g/mol. The number of carboxylic acids is 1. The number of hydrogen-bond acceptors (Lipinski definition) is 3. The summed E-state index contributed by atoms with van der Waals surface area (Å²) in [5.41, 5.74) is 5.99. The molecule has 0 aromatic heterocycles. The second-order valence-corrected chi connectivity index (χ2v) is 4.06. The summed E-state index contributed by atoms with van der Waals surface area (Å²) in [4.78, 5) is 22.1. The number of rotatable bonds is 7. The van der Waals surface area contributed by atoms with E-state index in [9.17, 15) is 9.59 Å². The van der Waals surface area contributed by atoms with E-state index in [1.807, 2.05) is 6.07 Å². The molecule has 0 aliphatic rings. The number of aliphatic carboxylic acids is 1. The molecule has 1 aromatic rings. The molecule has 0 saturated heterocycles. The van der Waals surface area contributed by atoms with Gasteiger partial charge in [-0.1, -0.05) is 18.2 Å². The van der Waals surface area contributed by atoms with Gasteiger partial charge < -0.3 is 16.2 Å². The fourth-order valence-electron chi connectivity index (χ4n) is 1.51. The molecule has 5 nitrogen and oxygen atoms in total. The van der Waals surface area contributed by atoms with Crippen molar-refractivity contribution in [3.63, 3.8) is 0 Å². The van der Waals surface area contributed by atoms with Crippen molar-refractivity contribution in [3.05, 3.63) is 35.9 Å². The third-order valence-corrected chi connectivity index (χ3v) is 2.58. The van der Waals surface area contributed by atoms with Crippen molar-refractivity contribution >= 4 is 24.3 Å². The predicted molar refractivity (Wildman–Crippen MR) is 75.5 cm³/mol. The van der Waals surface area contributed by atoms with Crippen molar-refractivity contribution in [1.29, 1.82) is 0 Å². The third kappa shape index (κ3) is 6.79. The lowest BCUT2D eigenvalue weighted by Crippen LogP contribution is -2.30. The number of hydrogen-bond donors (Lipinski definition) is 3. The van der Waals surface area contributed by atoms with Gasteiger partial charge in [0.1, 0.15) is 6.04 Å². The number of carboxylic acid groups (broad SMARTS) is 1. The third-order valence-electron chi connectivity index (χ3n) is 2.58. The summed E-state index contributed by atoms with van der Waals surface area (Å²) in [5, 5.41) is 11.4. The van der Waals surface area contributed by atoms with Crippen LogP contribution in [0.4, 0.5) is 0 Å². The van der Waals surface area contributed by atoms with Gasteiger partial charge in [0.05, 0.1) is 0 Å². The van der Waals surface area contributed by atoms with Crippen molar-refractivity contribution in [1.82, 2.24) is 5.32 Å². The summed E-state index contributed by atoms with van der Waals surface area (Å²) in [6.45, 7) is 0.528. The first-order valence-corrected chi connectivity index (χ1v) is 5.93. The Kier molecular flexibility index (Phi) is 8.57. The van der Waals surface area contributed by atoms with Crippen LogP contribution in [0.5, 0.6) is 0 Å². The molecule has 0 aliphatic carbocycles. The van der Waals surface area contributed by atoms with Gasteiger partial charge in [-0.2, -0.15) is 0 Å². The summed E-state index contributed by atoms with van der Waals surface area (Å²) in [7, 11) is 0. The Bertz CT molecular complexity index is 398. The van der Waals surface area contributed by atoms with Crippen LogP contribution in [0.2, 0.25) is 0 Å². The maximum Gasteiger partial charge on any atom is 0.320 e. The maximum absolute atomic E-state index is 11.6. The number of carbonyl (C=O) groups excluding carboxylic acids is 1. The molecule has 0 saturated carbocycles. The average Bonchev–Trinajstić information content (AvgIpc) is 2.38. The van der Waals surface area contributed by atoms with Crippen LogP contribution in [0.15, 0.2) is 30.3 Å². The van der Waals surface area contributed by atoms with E-state index in [1.165, 1.54) is 0 Å². The van der Waals surface area contributed by atoms with Crippen LogP contribution >= 0.6 is 12.4 Å². The van der Waals surface area contributed by atoms with Gasteiger partial charge in [-0.25, -0.2) is 0 Å². The molecule has 1 amide bonds. The van der Waals surface area contributed by atoms with Crippen LogP contribution in [-0.4, -0.2) is 29.6 Å². The first-order chi connectivity index (χ1) is 8.61. The highest BCUT2D eigenvalue weighted by Gasteiger charge is 2.10. The van der Waals surface area contributed by atoms with Gasteiger partial charge in [-0.05, 0) is 31.4 Å².